The molecule has 1 heterocycles. The van der Waals surface area contributed by atoms with Crippen LogP contribution in [0.25, 0.3) is 0 Å². The fraction of sp³-hybridized carbons (Fsp3) is 0.385. The Morgan fingerprint density at radius 2 is 1.95 bits per heavy atom. The van der Waals surface area contributed by atoms with E-state index in [0.29, 0.717) is 30.2 Å². The van der Waals surface area contributed by atoms with Crippen molar-refractivity contribution in [1.82, 2.24) is 4.90 Å². The number of methoxy groups -OCH3 is 2. The number of oxime groups is 1. The lowest BCUT2D eigenvalue weighted by atomic mass is 9.96. The molecule has 0 unspecified atom stereocenters. The van der Waals surface area contributed by atoms with Gasteiger partial charge in [0.1, 0.15) is 0 Å². The maximum Gasteiger partial charge on any atom is 0.276 e. The van der Waals surface area contributed by atoms with Gasteiger partial charge >= 0.3 is 0 Å². The molecule has 6 heteroatoms. The van der Waals surface area contributed by atoms with Gasteiger partial charge in [-0.1, -0.05) is 5.16 Å². The van der Waals surface area contributed by atoms with Crippen LogP contribution >= 0.6 is 0 Å². The molecule has 0 fully saturated rings. The number of likely N-dealkylation sites (N-methyl/N-ethyl adjacent to an activating group) is 1. The van der Waals surface area contributed by atoms with Crippen LogP contribution in [0, 0.1) is 0 Å². The number of rotatable bonds is 3. The van der Waals surface area contributed by atoms with Crippen LogP contribution in [0.5, 0.6) is 11.5 Å². The van der Waals surface area contributed by atoms with E-state index >= 15 is 0 Å². The zero-order valence-electron chi connectivity index (χ0n) is 11.1. The van der Waals surface area contributed by atoms with Crippen LogP contribution in [-0.4, -0.2) is 42.5 Å². The summed E-state index contributed by atoms with van der Waals surface area (Å²) in [5.41, 5.74) is 1.48. The lowest BCUT2D eigenvalue weighted by Gasteiger charge is -2.28. The van der Waals surface area contributed by atoms with E-state index in [4.69, 9.17) is 14.7 Å². The van der Waals surface area contributed by atoms with Crippen LogP contribution in [0.15, 0.2) is 17.3 Å². The van der Waals surface area contributed by atoms with Crippen LogP contribution in [0.1, 0.15) is 18.1 Å². The number of nitrogens with zero attached hydrogens (tertiary/aromatic N) is 2. The second kappa shape index (κ2) is 5.17. The lowest BCUT2D eigenvalue weighted by Crippen LogP contribution is -2.41. The van der Waals surface area contributed by atoms with E-state index < -0.39 is 0 Å². The molecule has 1 aliphatic heterocycles. The zero-order valence-corrected chi connectivity index (χ0v) is 11.1. The summed E-state index contributed by atoms with van der Waals surface area (Å²) in [5, 5.41) is 12.2. The van der Waals surface area contributed by atoms with Crippen molar-refractivity contribution in [3.63, 3.8) is 0 Å². The average molecular weight is 264 g/mol. The molecular weight excluding hydrogens is 248 g/mol. The molecule has 0 aliphatic carbocycles. The zero-order chi connectivity index (χ0) is 14.0. The third-order valence-corrected chi connectivity index (χ3v) is 3.20. The van der Waals surface area contributed by atoms with Crippen molar-refractivity contribution >= 4 is 11.6 Å². The Kier molecular flexibility index (Phi) is 3.59. The van der Waals surface area contributed by atoms with Gasteiger partial charge in [0, 0.05) is 18.7 Å². The maximum atomic E-state index is 12.1. The van der Waals surface area contributed by atoms with E-state index in [-0.39, 0.29) is 11.6 Å². The monoisotopic (exact) mass is 264 g/mol. The highest BCUT2D eigenvalue weighted by molar-refractivity contribution is 6.46. The Hall–Kier alpha value is -2.24. The summed E-state index contributed by atoms with van der Waals surface area (Å²) in [6.45, 7) is 2.88. The van der Waals surface area contributed by atoms with Crippen molar-refractivity contribution in [3.8, 4) is 11.5 Å². The van der Waals surface area contributed by atoms with Crippen molar-refractivity contribution in [2.75, 3.05) is 20.8 Å². The number of ether oxygens (including phenoxy) is 2. The van der Waals surface area contributed by atoms with Crippen molar-refractivity contribution in [2.24, 2.45) is 5.16 Å². The number of benzene rings is 1. The molecule has 1 aromatic carbocycles. The fourth-order valence-corrected chi connectivity index (χ4v) is 2.17. The molecule has 1 aromatic rings. The topological polar surface area (TPSA) is 71.4 Å². The minimum absolute atomic E-state index is 0.0315. The summed E-state index contributed by atoms with van der Waals surface area (Å²) in [6.07, 6.45) is 0. The quantitative estimate of drug-likeness (QED) is 0.658. The van der Waals surface area contributed by atoms with E-state index in [9.17, 15) is 4.79 Å². The number of amides is 1. The molecule has 0 spiro atoms. The van der Waals surface area contributed by atoms with Crippen LogP contribution in [-0.2, 0) is 11.3 Å². The van der Waals surface area contributed by atoms with Gasteiger partial charge in [-0.3, -0.25) is 4.79 Å². The first-order valence-electron chi connectivity index (χ1n) is 5.92. The smallest absolute Gasteiger partial charge is 0.276 e. The van der Waals surface area contributed by atoms with Crippen LogP contribution in [0.2, 0.25) is 0 Å². The number of carbonyl (C=O) groups excluding carboxylic acids is 1. The van der Waals surface area contributed by atoms with Gasteiger partial charge in [0.05, 0.1) is 14.2 Å². The highest BCUT2D eigenvalue weighted by Gasteiger charge is 2.30. The highest BCUT2D eigenvalue weighted by Crippen LogP contribution is 2.33. The molecule has 0 radical (unpaired) electrons. The molecule has 0 saturated carbocycles. The van der Waals surface area contributed by atoms with Gasteiger partial charge in [0.15, 0.2) is 17.2 Å². The van der Waals surface area contributed by atoms with Crippen molar-refractivity contribution in [2.45, 2.75) is 13.5 Å². The van der Waals surface area contributed by atoms with E-state index in [1.807, 2.05) is 6.92 Å². The molecule has 0 atom stereocenters. The number of hydrogen-bond acceptors (Lipinski definition) is 5. The number of fused-ring (bicyclic) bond motifs is 1. The Morgan fingerprint density at radius 1 is 1.32 bits per heavy atom. The van der Waals surface area contributed by atoms with E-state index in [1.165, 1.54) is 7.11 Å². The summed E-state index contributed by atoms with van der Waals surface area (Å²) < 4.78 is 10.4. The van der Waals surface area contributed by atoms with Gasteiger partial charge in [-0.05, 0) is 24.6 Å². The Balaban J connectivity index is 2.60. The second-order valence-electron chi connectivity index (χ2n) is 4.13. The first kappa shape index (κ1) is 13.2. The SMILES string of the molecule is CCN1Cc2cc(OC)c(OC)cc2/C(=N/O)C1=O. The van der Waals surface area contributed by atoms with Gasteiger partial charge in [-0.2, -0.15) is 0 Å². The molecule has 0 aromatic heterocycles. The van der Waals surface area contributed by atoms with Crippen molar-refractivity contribution in [3.05, 3.63) is 23.3 Å². The first-order valence-corrected chi connectivity index (χ1v) is 5.92. The standard InChI is InChI=1S/C13H16N2O4/c1-4-15-7-8-5-10(18-2)11(19-3)6-9(8)12(14-17)13(15)16/h5-6,17H,4,7H2,1-3H3/b14-12-. The highest BCUT2D eigenvalue weighted by atomic mass is 16.5. The van der Waals surface area contributed by atoms with Crippen LogP contribution in [0.3, 0.4) is 0 Å². The largest absolute Gasteiger partial charge is 0.493 e. The minimum Gasteiger partial charge on any atom is -0.493 e. The van der Waals surface area contributed by atoms with Gasteiger partial charge in [-0.25, -0.2) is 0 Å². The molecule has 1 N–H and O–H groups in total. The molecule has 0 bridgehead atoms. The Labute approximate surface area is 111 Å². The predicted molar refractivity (Wildman–Crippen MR) is 69.0 cm³/mol. The van der Waals surface area contributed by atoms with E-state index in [2.05, 4.69) is 5.16 Å². The molecule has 102 valence electrons. The summed E-state index contributed by atoms with van der Waals surface area (Å²) in [6, 6.07) is 3.46. The normalized spacial score (nSPS) is 16.5. The van der Waals surface area contributed by atoms with Crippen molar-refractivity contribution < 1.29 is 19.5 Å². The van der Waals surface area contributed by atoms with Crippen LogP contribution in [0.4, 0.5) is 0 Å². The number of carbonyl (C=O) groups is 1. The predicted octanol–water partition coefficient (Wildman–Crippen LogP) is 1.24. The summed E-state index contributed by atoms with van der Waals surface area (Å²) in [7, 11) is 3.07. The summed E-state index contributed by atoms with van der Waals surface area (Å²) in [4.78, 5) is 13.7. The lowest BCUT2D eigenvalue weighted by molar-refractivity contribution is -0.124. The fourth-order valence-electron chi connectivity index (χ4n) is 2.17. The van der Waals surface area contributed by atoms with Gasteiger partial charge in [0.25, 0.3) is 5.91 Å². The van der Waals surface area contributed by atoms with Crippen LogP contribution < -0.4 is 9.47 Å². The second-order valence-corrected chi connectivity index (χ2v) is 4.13. The van der Waals surface area contributed by atoms with Gasteiger partial charge < -0.3 is 19.6 Å². The third-order valence-electron chi connectivity index (χ3n) is 3.20. The number of hydrogen-bond donors (Lipinski definition) is 1. The van der Waals surface area contributed by atoms with E-state index in [0.717, 1.165) is 5.56 Å². The molecule has 1 aliphatic rings. The molecule has 19 heavy (non-hydrogen) atoms. The summed E-state index contributed by atoms with van der Waals surface area (Å²) >= 11 is 0. The molecule has 0 saturated heterocycles. The molecule has 6 nitrogen and oxygen atoms in total. The molecule has 2 rings (SSSR count). The Morgan fingerprint density at radius 3 is 2.47 bits per heavy atom. The molecular formula is C13H16N2O4. The maximum absolute atomic E-state index is 12.1. The van der Waals surface area contributed by atoms with Gasteiger partial charge in [0.2, 0.25) is 0 Å². The minimum atomic E-state index is -0.287. The van der Waals surface area contributed by atoms with E-state index in [1.54, 1.807) is 24.1 Å². The average Bonchev–Trinajstić information content (AvgIpc) is 2.45. The molecule has 1 amide bonds. The van der Waals surface area contributed by atoms with Crippen molar-refractivity contribution in [1.29, 1.82) is 0 Å². The summed E-state index contributed by atoms with van der Waals surface area (Å²) in [5.74, 6) is 0.800. The third kappa shape index (κ3) is 2.09. The van der Waals surface area contributed by atoms with Gasteiger partial charge in [-0.15, -0.1) is 0 Å². The first-order chi connectivity index (χ1) is 9.15. The Bertz CT molecular complexity index is 540.